The molecule has 7 heteroatoms. The number of aliphatic carboxylic acids is 1. The maximum absolute atomic E-state index is 10.8. The van der Waals surface area contributed by atoms with Gasteiger partial charge in [-0.1, -0.05) is 0 Å². The van der Waals surface area contributed by atoms with Crippen molar-refractivity contribution in [3.8, 4) is 0 Å². The van der Waals surface area contributed by atoms with Crippen molar-refractivity contribution in [3.63, 3.8) is 0 Å². The van der Waals surface area contributed by atoms with Gasteiger partial charge in [-0.15, -0.1) is 0 Å². The Hall–Kier alpha value is -0.730. The summed E-state index contributed by atoms with van der Waals surface area (Å²) in [6, 6.07) is 0. The summed E-state index contributed by atoms with van der Waals surface area (Å²) in [6.07, 6.45) is -1.73. The first-order valence-corrected chi connectivity index (χ1v) is 5.96. The molecule has 0 radical (unpaired) electrons. The van der Waals surface area contributed by atoms with Gasteiger partial charge in [-0.2, -0.15) is 0 Å². The summed E-state index contributed by atoms with van der Waals surface area (Å²) >= 11 is 0. The van der Waals surface area contributed by atoms with Crippen LogP contribution >= 0.6 is 0 Å². The standard InChI is InChI=1S/C11H16O7/c12-7-4-17-9-10(15,2-8(13)14)5-18-11(7,9)1-6-3-16-6/h6-7,9,12,15H,1-5H2,(H,13,14)/t6?,7-,9+,10-,11+/m0/s1. The Morgan fingerprint density at radius 3 is 2.67 bits per heavy atom. The maximum atomic E-state index is 10.8. The number of aliphatic hydroxyl groups excluding tert-OH is 1. The number of rotatable bonds is 4. The van der Waals surface area contributed by atoms with Gasteiger partial charge in [-0.3, -0.25) is 4.79 Å². The van der Waals surface area contributed by atoms with Crippen LogP contribution in [0.3, 0.4) is 0 Å². The minimum atomic E-state index is -1.59. The van der Waals surface area contributed by atoms with Crippen molar-refractivity contribution in [1.82, 2.24) is 0 Å². The van der Waals surface area contributed by atoms with Crippen molar-refractivity contribution < 1.29 is 34.3 Å². The van der Waals surface area contributed by atoms with E-state index in [0.717, 1.165) is 0 Å². The predicted octanol–water partition coefficient (Wildman–Crippen LogP) is -1.49. The third kappa shape index (κ3) is 1.74. The summed E-state index contributed by atoms with van der Waals surface area (Å²) in [4.78, 5) is 10.8. The molecule has 3 rings (SSSR count). The van der Waals surface area contributed by atoms with Gasteiger partial charge in [0.2, 0.25) is 0 Å². The second kappa shape index (κ2) is 3.88. The van der Waals surface area contributed by atoms with E-state index in [2.05, 4.69) is 0 Å². The molecule has 0 spiro atoms. The molecule has 0 aromatic carbocycles. The van der Waals surface area contributed by atoms with E-state index in [0.29, 0.717) is 13.0 Å². The van der Waals surface area contributed by atoms with E-state index in [9.17, 15) is 15.0 Å². The fourth-order valence-corrected chi connectivity index (χ4v) is 3.01. The third-order valence-corrected chi connectivity index (χ3v) is 3.91. The Bertz CT molecular complexity index is 368. The lowest BCUT2D eigenvalue weighted by atomic mass is 9.81. The fraction of sp³-hybridized carbons (Fsp3) is 0.909. The quantitative estimate of drug-likeness (QED) is 0.528. The van der Waals surface area contributed by atoms with Crippen molar-refractivity contribution in [2.75, 3.05) is 19.8 Å². The molecule has 3 aliphatic rings. The topological polar surface area (TPSA) is 109 Å². The van der Waals surface area contributed by atoms with Crippen LogP contribution in [0.1, 0.15) is 12.8 Å². The van der Waals surface area contributed by atoms with Gasteiger partial charge in [-0.05, 0) is 0 Å². The van der Waals surface area contributed by atoms with E-state index in [1.165, 1.54) is 0 Å². The van der Waals surface area contributed by atoms with Crippen molar-refractivity contribution in [2.45, 2.75) is 42.4 Å². The van der Waals surface area contributed by atoms with Crippen LogP contribution in [0.25, 0.3) is 0 Å². The molecule has 5 atom stereocenters. The number of aliphatic hydroxyl groups is 2. The van der Waals surface area contributed by atoms with Crippen LogP contribution in [0.2, 0.25) is 0 Å². The monoisotopic (exact) mass is 260 g/mol. The number of carboxylic acid groups (broad SMARTS) is 1. The molecule has 0 amide bonds. The van der Waals surface area contributed by atoms with E-state index in [1.54, 1.807) is 0 Å². The van der Waals surface area contributed by atoms with Gasteiger partial charge in [-0.25, -0.2) is 0 Å². The lowest BCUT2D eigenvalue weighted by molar-refractivity contribution is -0.147. The maximum Gasteiger partial charge on any atom is 0.306 e. The van der Waals surface area contributed by atoms with Crippen LogP contribution in [-0.4, -0.2) is 70.6 Å². The summed E-state index contributed by atoms with van der Waals surface area (Å²) in [5, 5.41) is 29.2. The molecule has 0 aliphatic carbocycles. The van der Waals surface area contributed by atoms with Crippen molar-refractivity contribution >= 4 is 5.97 Å². The van der Waals surface area contributed by atoms with Crippen molar-refractivity contribution in [3.05, 3.63) is 0 Å². The lowest BCUT2D eigenvalue weighted by Crippen LogP contribution is -2.53. The van der Waals surface area contributed by atoms with Crippen LogP contribution in [0, 0.1) is 0 Å². The molecular formula is C11H16O7. The van der Waals surface area contributed by atoms with Gasteiger partial charge in [0.05, 0.1) is 32.3 Å². The number of ether oxygens (including phenoxy) is 3. The number of epoxide rings is 1. The van der Waals surface area contributed by atoms with Gasteiger partial charge in [0.15, 0.2) is 0 Å². The molecule has 7 nitrogen and oxygen atoms in total. The summed E-state index contributed by atoms with van der Waals surface area (Å²) in [5.41, 5.74) is -2.62. The van der Waals surface area contributed by atoms with Gasteiger partial charge in [0.1, 0.15) is 23.4 Å². The zero-order valence-electron chi connectivity index (χ0n) is 9.74. The highest BCUT2D eigenvalue weighted by molar-refractivity contribution is 5.68. The van der Waals surface area contributed by atoms with E-state index in [1.807, 2.05) is 0 Å². The van der Waals surface area contributed by atoms with Gasteiger partial charge in [0.25, 0.3) is 0 Å². The molecule has 0 saturated carbocycles. The minimum Gasteiger partial charge on any atom is -0.481 e. The lowest BCUT2D eigenvalue weighted by Gasteiger charge is -2.32. The summed E-state index contributed by atoms with van der Waals surface area (Å²) < 4.78 is 16.1. The molecule has 0 bridgehead atoms. The summed E-state index contributed by atoms with van der Waals surface area (Å²) in [5.74, 6) is -1.12. The zero-order valence-corrected chi connectivity index (χ0v) is 9.74. The van der Waals surface area contributed by atoms with Gasteiger partial charge in [0, 0.05) is 6.42 Å². The first-order chi connectivity index (χ1) is 8.46. The SMILES string of the molecule is O=C(O)C[C@]1(O)CO[C@@]2(CC3CO3)[C@@H]1OC[C@@H]2O. The Balaban J connectivity index is 1.85. The number of hydrogen-bond donors (Lipinski definition) is 3. The van der Waals surface area contributed by atoms with Crippen LogP contribution < -0.4 is 0 Å². The average Bonchev–Trinajstić information content (AvgIpc) is 2.95. The second-order valence-electron chi connectivity index (χ2n) is 5.31. The Labute approximate surface area is 103 Å². The van der Waals surface area contributed by atoms with E-state index >= 15 is 0 Å². The molecular weight excluding hydrogens is 244 g/mol. The largest absolute Gasteiger partial charge is 0.481 e. The molecule has 0 aromatic rings. The van der Waals surface area contributed by atoms with Gasteiger partial charge >= 0.3 is 5.97 Å². The highest BCUT2D eigenvalue weighted by Crippen LogP contribution is 2.48. The number of carboxylic acids is 1. The fourth-order valence-electron chi connectivity index (χ4n) is 3.01. The molecule has 3 fully saturated rings. The summed E-state index contributed by atoms with van der Waals surface area (Å²) in [6.45, 7) is 0.495. The van der Waals surface area contributed by atoms with Crippen LogP contribution in [0.15, 0.2) is 0 Å². The molecule has 3 N–H and O–H groups in total. The average molecular weight is 260 g/mol. The molecule has 102 valence electrons. The summed E-state index contributed by atoms with van der Waals surface area (Å²) in [7, 11) is 0. The first-order valence-electron chi connectivity index (χ1n) is 5.96. The zero-order chi connectivity index (χ0) is 13.0. The van der Waals surface area contributed by atoms with Gasteiger partial charge < -0.3 is 29.5 Å². The first kappa shape index (κ1) is 12.3. The molecule has 0 aromatic heterocycles. The highest BCUT2D eigenvalue weighted by atomic mass is 16.6. The Morgan fingerprint density at radius 1 is 1.33 bits per heavy atom. The van der Waals surface area contributed by atoms with Crippen LogP contribution in [0.4, 0.5) is 0 Å². The predicted molar refractivity (Wildman–Crippen MR) is 56.0 cm³/mol. The number of fused-ring (bicyclic) bond motifs is 1. The van der Waals surface area contributed by atoms with Crippen LogP contribution in [0.5, 0.6) is 0 Å². The Morgan fingerprint density at radius 2 is 2.06 bits per heavy atom. The van der Waals surface area contributed by atoms with E-state index in [4.69, 9.17) is 19.3 Å². The molecule has 3 heterocycles. The molecule has 3 aliphatic heterocycles. The van der Waals surface area contributed by atoms with Crippen molar-refractivity contribution in [2.24, 2.45) is 0 Å². The molecule has 1 unspecified atom stereocenters. The minimum absolute atomic E-state index is 0.00368. The van der Waals surface area contributed by atoms with E-state index < -0.39 is 35.8 Å². The van der Waals surface area contributed by atoms with Crippen LogP contribution in [-0.2, 0) is 19.0 Å². The smallest absolute Gasteiger partial charge is 0.306 e. The third-order valence-electron chi connectivity index (χ3n) is 3.91. The van der Waals surface area contributed by atoms with Crippen molar-refractivity contribution in [1.29, 1.82) is 0 Å². The second-order valence-corrected chi connectivity index (χ2v) is 5.31. The normalized spacial score (nSPS) is 50.2. The van der Waals surface area contributed by atoms with E-state index in [-0.39, 0.29) is 19.3 Å². The number of carbonyl (C=O) groups is 1. The molecule has 18 heavy (non-hydrogen) atoms. The Kier molecular flexibility index (Phi) is 2.65. The number of hydrogen-bond acceptors (Lipinski definition) is 6. The highest BCUT2D eigenvalue weighted by Gasteiger charge is 2.67. The molecule has 3 saturated heterocycles.